The second kappa shape index (κ2) is 9.73. The summed E-state index contributed by atoms with van der Waals surface area (Å²) in [6, 6.07) is 4.25. The van der Waals surface area contributed by atoms with E-state index in [0.717, 1.165) is 56.2 Å². The number of imidazole rings is 1. The van der Waals surface area contributed by atoms with Gasteiger partial charge in [-0.15, -0.1) is 0 Å². The monoisotopic (exact) mass is 409 g/mol. The third-order valence-corrected chi connectivity index (χ3v) is 5.89. The number of pyridine rings is 1. The van der Waals surface area contributed by atoms with Gasteiger partial charge in [0, 0.05) is 50.2 Å². The van der Waals surface area contributed by atoms with Gasteiger partial charge in [-0.2, -0.15) is 0 Å². The largest absolute Gasteiger partial charge is 0.357 e. The molecule has 0 radical (unpaired) electrons. The van der Waals surface area contributed by atoms with E-state index >= 15 is 0 Å². The van der Waals surface area contributed by atoms with Gasteiger partial charge in [0.2, 0.25) is 5.91 Å². The second-order valence-corrected chi connectivity index (χ2v) is 8.09. The number of carbonyl (C=O) groups excluding carboxylic acids is 1. The summed E-state index contributed by atoms with van der Waals surface area (Å²) >= 11 is 0. The summed E-state index contributed by atoms with van der Waals surface area (Å²) in [4.78, 5) is 28.0. The SMILES string of the molecule is CCNC(=NCc1ccc(-n2ccnc2)nc1)NC1CCN(C(=O)C2CCCC2)C1. The van der Waals surface area contributed by atoms with Gasteiger partial charge in [-0.1, -0.05) is 18.9 Å². The molecule has 3 heterocycles. The third-order valence-electron chi connectivity index (χ3n) is 5.89. The molecule has 1 atom stereocenters. The van der Waals surface area contributed by atoms with E-state index in [-0.39, 0.29) is 12.0 Å². The first kappa shape index (κ1) is 20.4. The van der Waals surface area contributed by atoms with Gasteiger partial charge >= 0.3 is 0 Å². The van der Waals surface area contributed by atoms with Crippen molar-refractivity contribution in [3.8, 4) is 5.82 Å². The van der Waals surface area contributed by atoms with E-state index in [2.05, 4.69) is 27.5 Å². The quantitative estimate of drug-likeness (QED) is 0.564. The van der Waals surface area contributed by atoms with Gasteiger partial charge in [-0.05, 0) is 37.8 Å². The molecule has 1 saturated carbocycles. The summed E-state index contributed by atoms with van der Waals surface area (Å²) in [6.07, 6.45) is 12.7. The molecule has 160 valence electrons. The zero-order valence-electron chi connectivity index (χ0n) is 17.6. The number of hydrogen-bond acceptors (Lipinski definition) is 4. The molecule has 2 aromatic rings. The van der Waals surface area contributed by atoms with Crippen molar-refractivity contribution in [2.24, 2.45) is 10.9 Å². The minimum absolute atomic E-state index is 0.245. The van der Waals surface area contributed by atoms with Crippen molar-refractivity contribution in [2.45, 2.75) is 51.6 Å². The smallest absolute Gasteiger partial charge is 0.225 e. The van der Waals surface area contributed by atoms with Crippen molar-refractivity contribution >= 4 is 11.9 Å². The van der Waals surface area contributed by atoms with Gasteiger partial charge < -0.3 is 15.5 Å². The van der Waals surface area contributed by atoms with Crippen molar-refractivity contribution in [3.63, 3.8) is 0 Å². The lowest BCUT2D eigenvalue weighted by Gasteiger charge is -2.21. The molecule has 1 saturated heterocycles. The van der Waals surface area contributed by atoms with Crippen molar-refractivity contribution in [2.75, 3.05) is 19.6 Å². The van der Waals surface area contributed by atoms with Crippen molar-refractivity contribution in [1.29, 1.82) is 0 Å². The normalized spacial score (nSPS) is 20.0. The Balaban J connectivity index is 1.32. The maximum atomic E-state index is 12.7. The number of aromatic nitrogens is 3. The van der Waals surface area contributed by atoms with E-state index in [9.17, 15) is 4.79 Å². The highest BCUT2D eigenvalue weighted by Gasteiger charge is 2.32. The Morgan fingerprint density at radius 3 is 2.83 bits per heavy atom. The number of likely N-dealkylation sites (tertiary alicyclic amines) is 1. The fraction of sp³-hybridized carbons (Fsp3) is 0.545. The molecule has 2 fully saturated rings. The fourth-order valence-electron chi connectivity index (χ4n) is 4.25. The Hall–Kier alpha value is -2.90. The van der Waals surface area contributed by atoms with E-state index < -0.39 is 0 Å². The molecule has 4 rings (SSSR count). The Morgan fingerprint density at radius 2 is 2.13 bits per heavy atom. The Bertz CT molecular complexity index is 841. The maximum Gasteiger partial charge on any atom is 0.225 e. The van der Waals surface area contributed by atoms with Crippen molar-refractivity contribution in [3.05, 3.63) is 42.6 Å². The van der Waals surface area contributed by atoms with Crippen LogP contribution < -0.4 is 10.6 Å². The van der Waals surface area contributed by atoms with Crippen LogP contribution >= 0.6 is 0 Å². The number of aliphatic imine (C=N–C) groups is 1. The number of carbonyl (C=O) groups is 1. The average Bonchev–Trinajstić information content (AvgIpc) is 3.55. The molecule has 8 heteroatoms. The van der Waals surface area contributed by atoms with E-state index in [4.69, 9.17) is 4.99 Å². The Labute approximate surface area is 177 Å². The molecular formula is C22H31N7O. The van der Waals surface area contributed by atoms with Crippen LogP contribution in [0.4, 0.5) is 0 Å². The van der Waals surface area contributed by atoms with Crippen LogP contribution in [0, 0.1) is 5.92 Å². The summed E-state index contributed by atoms with van der Waals surface area (Å²) in [5.74, 6) is 2.23. The van der Waals surface area contributed by atoms with Crippen LogP contribution in [0.5, 0.6) is 0 Å². The number of hydrogen-bond donors (Lipinski definition) is 2. The van der Waals surface area contributed by atoms with E-state index in [0.29, 0.717) is 12.5 Å². The van der Waals surface area contributed by atoms with Gasteiger partial charge in [0.25, 0.3) is 0 Å². The molecule has 0 aromatic carbocycles. The molecule has 2 aromatic heterocycles. The molecule has 0 spiro atoms. The Kier molecular flexibility index (Phi) is 6.61. The standard InChI is InChI=1S/C22H31N7O/c1-2-24-22(26-14-17-7-8-20(25-13-17)29-12-10-23-16-29)27-19-9-11-28(15-19)21(30)18-5-3-4-6-18/h7-8,10,12-13,16,18-19H,2-6,9,11,14-15H2,1H3,(H2,24,26,27). The molecule has 2 N–H and O–H groups in total. The minimum Gasteiger partial charge on any atom is -0.357 e. The molecule has 1 aliphatic carbocycles. The summed E-state index contributed by atoms with van der Waals surface area (Å²) in [7, 11) is 0. The van der Waals surface area contributed by atoms with E-state index in [1.165, 1.54) is 12.8 Å². The number of guanidine groups is 1. The highest BCUT2D eigenvalue weighted by atomic mass is 16.2. The van der Waals surface area contributed by atoms with Gasteiger partial charge in [0.1, 0.15) is 12.1 Å². The molecule has 0 bridgehead atoms. The summed E-state index contributed by atoms with van der Waals surface area (Å²) in [6.45, 7) is 5.00. The lowest BCUT2D eigenvalue weighted by Crippen LogP contribution is -2.45. The predicted octanol–water partition coefficient (Wildman–Crippen LogP) is 2.11. The van der Waals surface area contributed by atoms with Crippen LogP contribution in [0.3, 0.4) is 0 Å². The zero-order valence-corrected chi connectivity index (χ0v) is 17.6. The van der Waals surface area contributed by atoms with E-state index in [1.54, 1.807) is 12.5 Å². The molecule has 30 heavy (non-hydrogen) atoms. The Morgan fingerprint density at radius 1 is 1.27 bits per heavy atom. The summed E-state index contributed by atoms with van der Waals surface area (Å²) in [5, 5.41) is 6.82. The number of nitrogens with one attached hydrogen (secondary N) is 2. The van der Waals surface area contributed by atoms with Crippen LogP contribution in [-0.4, -0.2) is 57.0 Å². The van der Waals surface area contributed by atoms with Crippen molar-refractivity contribution < 1.29 is 4.79 Å². The van der Waals surface area contributed by atoms with Crippen LogP contribution in [0.1, 0.15) is 44.6 Å². The van der Waals surface area contributed by atoms with Gasteiger partial charge in [0.15, 0.2) is 5.96 Å². The van der Waals surface area contributed by atoms with Crippen LogP contribution in [0.15, 0.2) is 42.0 Å². The van der Waals surface area contributed by atoms with E-state index in [1.807, 2.05) is 34.0 Å². The number of nitrogens with zero attached hydrogens (tertiary/aromatic N) is 5. The van der Waals surface area contributed by atoms with Crippen LogP contribution in [0.25, 0.3) is 5.82 Å². The predicted molar refractivity (Wildman–Crippen MR) is 116 cm³/mol. The number of amides is 1. The molecular weight excluding hydrogens is 378 g/mol. The van der Waals surface area contributed by atoms with Gasteiger partial charge in [-0.25, -0.2) is 15.0 Å². The molecule has 8 nitrogen and oxygen atoms in total. The zero-order chi connectivity index (χ0) is 20.8. The topological polar surface area (TPSA) is 87.4 Å². The first-order valence-electron chi connectivity index (χ1n) is 11.0. The maximum absolute atomic E-state index is 12.7. The average molecular weight is 410 g/mol. The third kappa shape index (κ3) is 4.98. The second-order valence-electron chi connectivity index (χ2n) is 8.09. The highest BCUT2D eigenvalue weighted by molar-refractivity contribution is 5.81. The van der Waals surface area contributed by atoms with Gasteiger partial charge in [0.05, 0.1) is 6.54 Å². The highest BCUT2D eigenvalue weighted by Crippen LogP contribution is 2.27. The summed E-state index contributed by atoms with van der Waals surface area (Å²) in [5.41, 5.74) is 1.04. The number of rotatable bonds is 6. The van der Waals surface area contributed by atoms with Crippen LogP contribution in [-0.2, 0) is 11.3 Å². The molecule has 1 unspecified atom stereocenters. The molecule has 1 aliphatic heterocycles. The molecule has 1 amide bonds. The lowest BCUT2D eigenvalue weighted by atomic mass is 10.1. The fourth-order valence-corrected chi connectivity index (χ4v) is 4.25. The minimum atomic E-state index is 0.245. The van der Waals surface area contributed by atoms with Gasteiger partial charge in [-0.3, -0.25) is 9.36 Å². The summed E-state index contributed by atoms with van der Waals surface area (Å²) < 4.78 is 1.87. The van der Waals surface area contributed by atoms with Crippen LogP contribution in [0.2, 0.25) is 0 Å². The van der Waals surface area contributed by atoms with Crippen molar-refractivity contribution in [1.82, 2.24) is 30.1 Å². The molecule has 2 aliphatic rings. The lowest BCUT2D eigenvalue weighted by molar-refractivity contribution is -0.134. The first-order chi connectivity index (χ1) is 14.7. The first-order valence-corrected chi connectivity index (χ1v) is 11.0.